The van der Waals surface area contributed by atoms with Gasteiger partial charge in [0.15, 0.2) is 5.78 Å². The number of hydrogen-bond donors (Lipinski definition) is 0. The Balaban J connectivity index is 3.45. The van der Waals surface area contributed by atoms with Crippen LogP contribution < -0.4 is 0 Å². The van der Waals surface area contributed by atoms with Crippen LogP contribution in [-0.2, 0) is 6.18 Å². The molecule has 0 amide bonds. The maximum Gasteiger partial charge on any atom is 0.423 e. The number of nitro groups is 1. The molecule has 0 heterocycles. The van der Waals surface area contributed by atoms with Gasteiger partial charge in [-0.2, -0.15) is 13.2 Å². The molecule has 0 aromatic heterocycles. The number of nitro benzene ring substituents is 1. The van der Waals surface area contributed by atoms with Crippen LogP contribution in [0, 0.1) is 10.1 Å². The zero-order chi connectivity index (χ0) is 12.5. The third-order valence-electron chi connectivity index (χ3n) is 1.91. The third-order valence-corrected chi connectivity index (χ3v) is 1.91. The van der Waals surface area contributed by atoms with E-state index in [-0.39, 0.29) is 5.56 Å². The lowest BCUT2D eigenvalue weighted by Crippen LogP contribution is -2.10. The Bertz CT molecular complexity index is 454. The van der Waals surface area contributed by atoms with Gasteiger partial charge in [-0.1, -0.05) is 0 Å². The van der Waals surface area contributed by atoms with Crippen molar-refractivity contribution in [2.24, 2.45) is 0 Å². The van der Waals surface area contributed by atoms with Gasteiger partial charge in [0, 0.05) is 11.6 Å². The average Bonchev–Trinajstić information content (AvgIpc) is 2.15. The Kier molecular flexibility index (Phi) is 2.97. The van der Waals surface area contributed by atoms with Crippen molar-refractivity contribution in [3.8, 4) is 0 Å². The van der Waals surface area contributed by atoms with E-state index in [2.05, 4.69) is 0 Å². The van der Waals surface area contributed by atoms with Gasteiger partial charge in [0.25, 0.3) is 5.69 Å². The van der Waals surface area contributed by atoms with Gasteiger partial charge < -0.3 is 0 Å². The zero-order valence-electron chi connectivity index (χ0n) is 8.04. The van der Waals surface area contributed by atoms with Gasteiger partial charge in [-0.15, -0.1) is 0 Å². The predicted octanol–water partition coefficient (Wildman–Crippen LogP) is 2.82. The summed E-state index contributed by atoms with van der Waals surface area (Å²) in [6.45, 7) is 1.08. The molecule has 0 aliphatic heterocycles. The van der Waals surface area contributed by atoms with Gasteiger partial charge >= 0.3 is 6.18 Å². The molecule has 0 N–H and O–H groups in total. The average molecular weight is 233 g/mol. The molecule has 0 fully saturated rings. The van der Waals surface area contributed by atoms with Crippen molar-refractivity contribution in [2.75, 3.05) is 0 Å². The SMILES string of the molecule is CC(=O)c1ccc([N+](=O)[O-])c(C(F)(F)F)c1. The molecule has 1 aromatic rings. The topological polar surface area (TPSA) is 60.2 Å². The molecule has 86 valence electrons. The lowest BCUT2D eigenvalue weighted by Gasteiger charge is -2.08. The smallest absolute Gasteiger partial charge is 0.295 e. The summed E-state index contributed by atoms with van der Waals surface area (Å²) in [5.74, 6) is -0.583. The molecule has 0 aliphatic carbocycles. The number of benzene rings is 1. The van der Waals surface area contributed by atoms with Crippen molar-refractivity contribution in [1.29, 1.82) is 0 Å². The second-order valence-electron chi connectivity index (χ2n) is 3.04. The molecule has 0 spiro atoms. The number of ketones is 1. The first-order chi connectivity index (χ1) is 7.23. The first-order valence-corrected chi connectivity index (χ1v) is 4.10. The lowest BCUT2D eigenvalue weighted by atomic mass is 10.1. The fourth-order valence-corrected chi connectivity index (χ4v) is 1.14. The van der Waals surface area contributed by atoms with Crippen LogP contribution in [0.4, 0.5) is 18.9 Å². The van der Waals surface area contributed by atoms with Crippen molar-refractivity contribution >= 4 is 11.5 Å². The van der Waals surface area contributed by atoms with Gasteiger partial charge in [0.05, 0.1) is 4.92 Å². The highest BCUT2D eigenvalue weighted by Crippen LogP contribution is 2.36. The number of alkyl halides is 3. The molecule has 4 nitrogen and oxygen atoms in total. The molecular formula is C9H6F3NO3. The highest BCUT2D eigenvalue weighted by molar-refractivity contribution is 5.94. The second kappa shape index (κ2) is 3.92. The van der Waals surface area contributed by atoms with E-state index in [1.54, 1.807) is 0 Å². The van der Waals surface area contributed by atoms with Gasteiger partial charge in [0.1, 0.15) is 5.56 Å². The number of hydrogen-bond acceptors (Lipinski definition) is 3. The molecule has 0 bridgehead atoms. The molecule has 0 saturated carbocycles. The van der Waals surface area contributed by atoms with Gasteiger partial charge in [-0.25, -0.2) is 0 Å². The summed E-state index contributed by atoms with van der Waals surface area (Å²) in [6, 6.07) is 2.16. The molecule has 1 rings (SSSR count). The minimum Gasteiger partial charge on any atom is -0.295 e. The second-order valence-corrected chi connectivity index (χ2v) is 3.04. The number of halogens is 3. The quantitative estimate of drug-likeness (QED) is 0.448. The first kappa shape index (κ1) is 12.2. The van der Waals surface area contributed by atoms with E-state index in [1.165, 1.54) is 0 Å². The van der Waals surface area contributed by atoms with Crippen LogP contribution >= 0.6 is 0 Å². The molecule has 0 atom stereocenters. The van der Waals surface area contributed by atoms with E-state index < -0.39 is 28.1 Å². The number of rotatable bonds is 2. The normalized spacial score (nSPS) is 11.2. The van der Waals surface area contributed by atoms with Crippen molar-refractivity contribution in [1.82, 2.24) is 0 Å². The minimum absolute atomic E-state index is 0.210. The fraction of sp³-hybridized carbons (Fsp3) is 0.222. The summed E-state index contributed by atoms with van der Waals surface area (Å²) in [5, 5.41) is 10.4. The van der Waals surface area contributed by atoms with Crippen molar-refractivity contribution in [2.45, 2.75) is 13.1 Å². The lowest BCUT2D eigenvalue weighted by molar-refractivity contribution is -0.388. The molecule has 0 unspecified atom stereocenters. The summed E-state index contributed by atoms with van der Waals surface area (Å²) in [5.41, 5.74) is -2.68. The summed E-state index contributed by atoms with van der Waals surface area (Å²) in [7, 11) is 0. The molecule has 0 aliphatic rings. The Morgan fingerprint density at radius 2 is 1.94 bits per heavy atom. The Labute approximate surface area is 87.8 Å². The van der Waals surface area contributed by atoms with E-state index in [4.69, 9.17) is 0 Å². The van der Waals surface area contributed by atoms with Crippen LogP contribution in [0.25, 0.3) is 0 Å². The van der Waals surface area contributed by atoms with Gasteiger partial charge in [-0.05, 0) is 19.1 Å². The maximum atomic E-state index is 12.4. The molecule has 0 saturated heterocycles. The summed E-state index contributed by atoms with van der Waals surface area (Å²) in [4.78, 5) is 20.1. The summed E-state index contributed by atoms with van der Waals surface area (Å²) < 4.78 is 37.3. The minimum atomic E-state index is -4.85. The molecule has 7 heteroatoms. The first-order valence-electron chi connectivity index (χ1n) is 4.10. The summed E-state index contributed by atoms with van der Waals surface area (Å²) >= 11 is 0. The monoisotopic (exact) mass is 233 g/mol. The van der Waals surface area contributed by atoms with Crippen molar-refractivity contribution < 1.29 is 22.9 Å². The standard InChI is InChI=1S/C9H6F3NO3/c1-5(14)6-2-3-8(13(15)16)7(4-6)9(10,11)12/h2-4H,1H3. The highest BCUT2D eigenvalue weighted by Gasteiger charge is 2.38. The molecule has 0 radical (unpaired) electrons. The Hall–Kier alpha value is -1.92. The maximum absolute atomic E-state index is 12.4. The largest absolute Gasteiger partial charge is 0.423 e. The van der Waals surface area contributed by atoms with Crippen LogP contribution in [0.2, 0.25) is 0 Å². The van der Waals surface area contributed by atoms with Crippen LogP contribution in [0.15, 0.2) is 18.2 Å². The van der Waals surface area contributed by atoms with Crippen LogP contribution in [0.3, 0.4) is 0 Å². The van der Waals surface area contributed by atoms with Gasteiger partial charge in [0.2, 0.25) is 0 Å². The molecule has 1 aromatic carbocycles. The molecular weight excluding hydrogens is 227 g/mol. The van der Waals surface area contributed by atoms with Crippen LogP contribution in [0.5, 0.6) is 0 Å². The number of carbonyl (C=O) groups excluding carboxylic acids is 1. The molecule has 16 heavy (non-hydrogen) atoms. The van der Waals surface area contributed by atoms with E-state index in [0.29, 0.717) is 12.1 Å². The fourth-order valence-electron chi connectivity index (χ4n) is 1.14. The Morgan fingerprint density at radius 1 is 1.38 bits per heavy atom. The summed E-state index contributed by atoms with van der Waals surface area (Å²) in [6.07, 6.45) is -4.85. The van der Waals surface area contributed by atoms with Gasteiger partial charge in [-0.3, -0.25) is 14.9 Å². The van der Waals surface area contributed by atoms with E-state index in [1.807, 2.05) is 0 Å². The zero-order valence-corrected chi connectivity index (χ0v) is 8.04. The number of carbonyl (C=O) groups is 1. The van der Waals surface area contributed by atoms with E-state index in [9.17, 15) is 28.1 Å². The van der Waals surface area contributed by atoms with Crippen molar-refractivity contribution in [3.05, 3.63) is 39.4 Å². The third kappa shape index (κ3) is 2.36. The highest BCUT2D eigenvalue weighted by atomic mass is 19.4. The van der Waals surface area contributed by atoms with Crippen LogP contribution in [0.1, 0.15) is 22.8 Å². The van der Waals surface area contributed by atoms with Crippen molar-refractivity contribution in [3.63, 3.8) is 0 Å². The predicted molar refractivity (Wildman–Crippen MR) is 48.1 cm³/mol. The van der Waals surface area contributed by atoms with E-state index in [0.717, 1.165) is 13.0 Å². The van der Waals surface area contributed by atoms with E-state index >= 15 is 0 Å². The van der Waals surface area contributed by atoms with Crippen LogP contribution in [-0.4, -0.2) is 10.7 Å². The number of nitrogens with zero attached hydrogens (tertiary/aromatic N) is 1. The Morgan fingerprint density at radius 3 is 2.31 bits per heavy atom. The number of Topliss-reactive ketones (excluding diaryl/α,β-unsaturated/α-hetero) is 1.